The fourth-order valence-electron chi connectivity index (χ4n) is 7.47. The van der Waals surface area contributed by atoms with Crippen LogP contribution < -0.4 is 10.2 Å². The average Bonchev–Trinajstić information content (AvgIpc) is 3.12. The minimum Gasteiger partial charge on any atom is -0.339 e. The number of fused-ring (bicyclic) bond motifs is 1. The zero-order valence-electron chi connectivity index (χ0n) is 22.6. The first-order chi connectivity index (χ1) is 18.7. The molecule has 2 aromatic rings. The first-order valence-corrected chi connectivity index (χ1v) is 14.9. The number of hydrogen-bond donors (Lipinski definition) is 1. The Morgan fingerprint density at radius 3 is 2.37 bits per heavy atom. The molecule has 2 amide bonds. The largest absolute Gasteiger partial charge is 0.339 e. The molecule has 0 bridgehead atoms. The Labute approximate surface area is 227 Å². The number of rotatable bonds is 5. The number of carbonyl (C=O) groups is 2. The molecule has 1 spiro atoms. The Morgan fingerprint density at radius 1 is 0.895 bits per heavy atom. The summed E-state index contributed by atoms with van der Waals surface area (Å²) in [4.78, 5) is 33.9. The molecule has 1 unspecified atom stereocenters. The number of carbonyl (C=O) groups excluding carboxylic acids is 2. The molecule has 2 aromatic carbocycles. The first kappa shape index (κ1) is 25.4. The summed E-state index contributed by atoms with van der Waals surface area (Å²) < 4.78 is 0. The fourth-order valence-corrected chi connectivity index (χ4v) is 7.47. The highest BCUT2D eigenvalue weighted by Crippen LogP contribution is 2.38. The van der Waals surface area contributed by atoms with E-state index in [9.17, 15) is 9.59 Å². The van der Waals surface area contributed by atoms with E-state index in [4.69, 9.17) is 0 Å². The molecule has 0 radical (unpaired) electrons. The van der Waals surface area contributed by atoms with Gasteiger partial charge in [0.15, 0.2) is 0 Å². The smallest absolute Gasteiger partial charge is 0.247 e. The summed E-state index contributed by atoms with van der Waals surface area (Å²) in [7, 11) is 0. The van der Waals surface area contributed by atoms with Crippen LogP contribution in [0.25, 0.3) is 0 Å². The van der Waals surface area contributed by atoms with Gasteiger partial charge in [-0.25, -0.2) is 0 Å². The Hall–Kier alpha value is -2.86. The van der Waals surface area contributed by atoms with Gasteiger partial charge in [0.05, 0.1) is 12.7 Å². The maximum Gasteiger partial charge on any atom is 0.247 e. The van der Waals surface area contributed by atoms with E-state index in [1.807, 2.05) is 18.2 Å². The van der Waals surface area contributed by atoms with Gasteiger partial charge < -0.3 is 20.0 Å². The van der Waals surface area contributed by atoms with Crippen molar-refractivity contribution in [3.05, 3.63) is 65.7 Å². The zero-order valence-corrected chi connectivity index (χ0v) is 22.6. The lowest BCUT2D eigenvalue weighted by atomic mass is 9.85. The van der Waals surface area contributed by atoms with Crippen LogP contribution in [0.3, 0.4) is 0 Å². The number of nitrogens with one attached hydrogen (secondary N) is 1. The lowest BCUT2D eigenvalue weighted by Gasteiger charge is -2.44. The quantitative estimate of drug-likeness (QED) is 0.577. The van der Waals surface area contributed by atoms with Gasteiger partial charge in [-0.2, -0.15) is 0 Å². The van der Waals surface area contributed by atoms with Crippen molar-refractivity contribution >= 4 is 17.5 Å². The number of para-hydroxylation sites is 1. The van der Waals surface area contributed by atoms with E-state index in [-0.39, 0.29) is 17.9 Å². The molecule has 6 heteroatoms. The van der Waals surface area contributed by atoms with Crippen LogP contribution in [0, 0.1) is 5.92 Å². The standard InChI is InChI=1S/C32H42N4O2/c37-30(26-11-4-1-2-5-12-26)35-21-16-25-10-8-9-15-28(25)29(35)17-20-34-22-18-32(19-23-34)31(38)33-24-36(32)27-13-6-3-7-14-27/h3,6-10,13-15,26,29H,1-2,4-5,11-12,16-24H2,(H,33,38). The van der Waals surface area contributed by atoms with E-state index in [2.05, 4.69) is 56.4 Å². The topological polar surface area (TPSA) is 55.9 Å². The van der Waals surface area contributed by atoms with Crippen molar-refractivity contribution in [1.29, 1.82) is 0 Å². The third-order valence-corrected chi connectivity index (χ3v) is 9.71. The predicted molar refractivity (Wildman–Crippen MR) is 151 cm³/mol. The van der Waals surface area contributed by atoms with Gasteiger partial charge in [-0.15, -0.1) is 0 Å². The van der Waals surface area contributed by atoms with Gasteiger partial charge >= 0.3 is 0 Å². The van der Waals surface area contributed by atoms with Crippen molar-refractivity contribution in [3.8, 4) is 0 Å². The lowest BCUT2D eigenvalue weighted by molar-refractivity contribution is -0.139. The van der Waals surface area contributed by atoms with E-state index in [1.165, 1.54) is 36.8 Å². The monoisotopic (exact) mass is 514 g/mol. The number of amides is 2. The molecule has 6 nitrogen and oxygen atoms in total. The Bertz CT molecular complexity index is 1120. The van der Waals surface area contributed by atoms with Crippen LogP contribution in [0.2, 0.25) is 0 Å². The van der Waals surface area contributed by atoms with E-state index < -0.39 is 5.54 Å². The van der Waals surface area contributed by atoms with Gasteiger partial charge in [-0.05, 0) is 61.8 Å². The highest BCUT2D eigenvalue weighted by Gasteiger charge is 2.50. The predicted octanol–water partition coefficient (Wildman–Crippen LogP) is 4.90. The summed E-state index contributed by atoms with van der Waals surface area (Å²) >= 11 is 0. The van der Waals surface area contributed by atoms with E-state index in [0.29, 0.717) is 12.6 Å². The maximum atomic E-state index is 13.8. The molecule has 3 fully saturated rings. The maximum absolute atomic E-state index is 13.8. The normalized spacial score (nSPS) is 24.2. The van der Waals surface area contributed by atoms with Gasteiger partial charge in [0.2, 0.25) is 11.8 Å². The van der Waals surface area contributed by atoms with Crippen molar-refractivity contribution in [2.45, 2.75) is 75.8 Å². The molecule has 1 saturated carbocycles. The number of nitrogens with zero attached hydrogens (tertiary/aromatic N) is 3. The Morgan fingerprint density at radius 2 is 1.61 bits per heavy atom. The SMILES string of the molecule is O=C(C1CCCCCC1)N1CCc2ccccc2C1CCN1CCC2(CC1)C(=O)NCN2c1ccccc1. The molecule has 6 rings (SSSR count). The Kier molecular flexibility index (Phi) is 7.42. The van der Waals surface area contributed by atoms with Crippen LogP contribution in [-0.4, -0.2) is 60.0 Å². The molecular weight excluding hydrogens is 472 g/mol. The number of benzene rings is 2. The third kappa shape index (κ3) is 4.84. The highest BCUT2D eigenvalue weighted by atomic mass is 16.2. The molecule has 3 aliphatic heterocycles. The third-order valence-electron chi connectivity index (χ3n) is 9.71. The molecule has 1 N–H and O–H groups in total. The van der Waals surface area contributed by atoms with Crippen LogP contribution in [0.15, 0.2) is 54.6 Å². The Balaban J connectivity index is 1.14. The second-order valence-electron chi connectivity index (χ2n) is 11.8. The average molecular weight is 515 g/mol. The second kappa shape index (κ2) is 11.1. The minimum atomic E-state index is -0.448. The molecule has 4 aliphatic rings. The highest BCUT2D eigenvalue weighted by molar-refractivity contribution is 5.93. The molecule has 2 saturated heterocycles. The summed E-state index contributed by atoms with van der Waals surface area (Å²) in [6.45, 7) is 4.19. The number of likely N-dealkylation sites (tertiary alicyclic amines) is 1. The van der Waals surface area contributed by atoms with Crippen LogP contribution in [-0.2, 0) is 16.0 Å². The summed E-state index contributed by atoms with van der Waals surface area (Å²) in [5.41, 5.74) is 3.42. The molecule has 1 aliphatic carbocycles. The van der Waals surface area contributed by atoms with E-state index >= 15 is 0 Å². The molecular formula is C32H42N4O2. The van der Waals surface area contributed by atoms with E-state index in [1.54, 1.807) is 0 Å². The van der Waals surface area contributed by atoms with Crippen molar-refractivity contribution in [2.75, 3.05) is 37.7 Å². The second-order valence-corrected chi connectivity index (χ2v) is 11.8. The molecule has 3 heterocycles. The van der Waals surface area contributed by atoms with Gasteiger partial charge in [0, 0.05) is 37.8 Å². The van der Waals surface area contributed by atoms with Gasteiger partial charge in [0.25, 0.3) is 0 Å². The molecule has 202 valence electrons. The van der Waals surface area contributed by atoms with Crippen LogP contribution >= 0.6 is 0 Å². The number of anilines is 1. The molecule has 0 aromatic heterocycles. The van der Waals surface area contributed by atoms with Crippen LogP contribution in [0.1, 0.15) is 75.0 Å². The lowest BCUT2D eigenvalue weighted by Crippen LogP contribution is -2.56. The molecule has 38 heavy (non-hydrogen) atoms. The molecule has 1 atom stereocenters. The fraction of sp³-hybridized carbons (Fsp3) is 0.562. The van der Waals surface area contributed by atoms with Crippen molar-refractivity contribution in [1.82, 2.24) is 15.1 Å². The summed E-state index contributed by atoms with van der Waals surface area (Å²) in [6, 6.07) is 19.2. The number of hydrogen-bond acceptors (Lipinski definition) is 4. The minimum absolute atomic E-state index is 0.155. The van der Waals surface area contributed by atoms with Gasteiger partial charge in [0.1, 0.15) is 5.54 Å². The van der Waals surface area contributed by atoms with Gasteiger partial charge in [-0.1, -0.05) is 68.1 Å². The van der Waals surface area contributed by atoms with Crippen molar-refractivity contribution in [2.24, 2.45) is 5.92 Å². The zero-order chi connectivity index (χ0) is 26.0. The summed E-state index contributed by atoms with van der Waals surface area (Å²) in [5.74, 6) is 0.762. The van der Waals surface area contributed by atoms with Crippen LogP contribution in [0.4, 0.5) is 5.69 Å². The first-order valence-electron chi connectivity index (χ1n) is 14.9. The number of piperidine rings is 1. The van der Waals surface area contributed by atoms with E-state index in [0.717, 1.165) is 70.4 Å². The van der Waals surface area contributed by atoms with Crippen LogP contribution in [0.5, 0.6) is 0 Å². The van der Waals surface area contributed by atoms with Crippen molar-refractivity contribution in [3.63, 3.8) is 0 Å². The summed E-state index contributed by atoms with van der Waals surface area (Å²) in [5, 5.41) is 3.12. The van der Waals surface area contributed by atoms with Gasteiger partial charge in [-0.3, -0.25) is 9.59 Å². The summed E-state index contributed by atoms with van der Waals surface area (Å²) in [6.07, 6.45) is 10.6. The van der Waals surface area contributed by atoms with Crippen molar-refractivity contribution < 1.29 is 9.59 Å².